The number of thiazole rings is 2. The van der Waals surface area contributed by atoms with Crippen LogP contribution in [0.1, 0.15) is 0 Å². The molecule has 0 aliphatic carbocycles. The highest BCUT2D eigenvalue weighted by atomic mass is 32.1. The third kappa shape index (κ3) is 3.05. The zero-order chi connectivity index (χ0) is 12.3. The molecular weight excluding hydrogens is 254 g/mol. The van der Waals surface area contributed by atoms with Crippen LogP contribution < -0.4 is 17.2 Å². The van der Waals surface area contributed by atoms with Crippen molar-refractivity contribution in [2.24, 2.45) is 0 Å². The molecule has 2 aromatic heterocycles. The smallest absolute Gasteiger partial charge is 0.181 e. The number of hydrogen-bond donors (Lipinski definition) is 3. The first-order valence-electron chi connectivity index (χ1n) is 4.71. The van der Waals surface area contributed by atoms with Crippen LogP contribution >= 0.6 is 22.7 Å². The number of benzene rings is 1. The molecular formula is C10H11N5S2. The molecule has 0 aliphatic heterocycles. The zero-order valence-corrected chi connectivity index (χ0v) is 10.5. The fourth-order valence-corrected chi connectivity index (χ4v) is 2.36. The molecule has 0 atom stereocenters. The molecule has 0 aliphatic rings. The molecule has 6 N–H and O–H groups in total. The number of anilines is 3. The van der Waals surface area contributed by atoms with Crippen LogP contribution in [0.4, 0.5) is 16.0 Å². The SMILES string of the molecule is Nc1ccc2nc(N)sc2c1.Nc1nccs1. The molecule has 0 saturated heterocycles. The summed E-state index contributed by atoms with van der Waals surface area (Å²) in [6.45, 7) is 0. The van der Waals surface area contributed by atoms with Crippen molar-refractivity contribution in [2.75, 3.05) is 17.2 Å². The molecule has 3 rings (SSSR count). The first-order chi connectivity index (χ1) is 8.15. The van der Waals surface area contributed by atoms with Crippen LogP contribution in [-0.2, 0) is 0 Å². The van der Waals surface area contributed by atoms with E-state index in [1.165, 1.54) is 22.7 Å². The van der Waals surface area contributed by atoms with Gasteiger partial charge in [-0.1, -0.05) is 11.3 Å². The van der Waals surface area contributed by atoms with Gasteiger partial charge < -0.3 is 17.2 Å². The summed E-state index contributed by atoms with van der Waals surface area (Å²) in [6, 6.07) is 5.57. The lowest BCUT2D eigenvalue weighted by Gasteiger charge is -1.88. The number of aromatic nitrogens is 2. The van der Waals surface area contributed by atoms with Crippen molar-refractivity contribution in [1.29, 1.82) is 0 Å². The maximum atomic E-state index is 5.57. The summed E-state index contributed by atoms with van der Waals surface area (Å²) in [5, 5.41) is 3.07. The summed E-state index contributed by atoms with van der Waals surface area (Å²) in [5.41, 5.74) is 17.9. The standard InChI is InChI=1S/C7H7N3S.C3H4N2S/c8-4-1-2-5-6(3-4)11-7(9)10-5;4-3-5-1-2-6-3/h1-3H,8H2,(H2,9,10);1-2H,(H2,4,5). The average molecular weight is 265 g/mol. The fourth-order valence-electron chi connectivity index (χ4n) is 1.19. The van der Waals surface area contributed by atoms with E-state index in [0.29, 0.717) is 10.3 Å². The van der Waals surface area contributed by atoms with Gasteiger partial charge in [-0.15, -0.1) is 11.3 Å². The van der Waals surface area contributed by atoms with Gasteiger partial charge >= 0.3 is 0 Å². The lowest BCUT2D eigenvalue weighted by Crippen LogP contribution is -1.81. The third-order valence-electron chi connectivity index (χ3n) is 1.88. The zero-order valence-electron chi connectivity index (χ0n) is 8.83. The Balaban J connectivity index is 0.000000153. The average Bonchev–Trinajstić information content (AvgIpc) is 2.86. The van der Waals surface area contributed by atoms with Crippen LogP contribution in [-0.4, -0.2) is 9.97 Å². The van der Waals surface area contributed by atoms with E-state index in [9.17, 15) is 0 Å². The largest absolute Gasteiger partial charge is 0.399 e. The van der Waals surface area contributed by atoms with Gasteiger partial charge in [-0.3, -0.25) is 0 Å². The van der Waals surface area contributed by atoms with Crippen LogP contribution in [0.3, 0.4) is 0 Å². The van der Waals surface area contributed by atoms with Crippen molar-refractivity contribution >= 4 is 48.8 Å². The van der Waals surface area contributed by atoms with E-state index in [-0.39, 0.29) is 0 Å². The van der Waals surface area contributed by atoms with Crippen molar-refractivity contribution < 1.29 is 0 Å². The van der Waals surface area contributed by atoms with Gasteiger partial charge in [-0.2, -0.15) is 0 Å². The second-order valence-corrected chi connectivity index (χ2v) is 5.14. The van der Waals surface area contributed by atoms with Crippen LogP contribution in [0.25, 0.3) is 10.2 Å². The van der Waals surface area contributed by atoms with E-state index in [2.05, 4.69) is 9.97 Å². The monoisotopic (exact) mass is 265 g/mol. The third-order valence-corrected chi connectivity index (χ3v) is 3.33. The molecule has 88 valence electrons. The van der Waals surface area contributed by atoms with Crippen LogP contribution in [0.15, 0.2) is 29.8 Å². The van der Waals surface area contributed by atoms with Gasteiger partial charge in [0.2, 0.25) is 0 Å². The minimum absolute atomic E-state index is 0.589. The number of hydrogen-bond acceptors (Lipinski definition) is 7. The van der Waals surface area contributed by atoms with Crippen LogP contribution in [0.2, 0.25) is 0 Å². The molecule has 0 radical (unpaired) electrons. The van der Waals surface area contributed by atoms with Crippen molar-refractivity contribution in [2.45, 2.75) is 0 Å². The van der Waals surface area contributed by atoms with Crippen molar-refractivity contribution in [3.63, 3.8) is 0 Å². The second kappa shape index (κ2) is 4.98. The Morgan fingerprint density at radius 2 is 1.88 bits per heavy atom. The Morgan fingerprint density at radius 3 is 2.47 bits per heavy atom. The molecule has 2 heterocycles. The highest BCUT2D eigenvalue weighted by Crippen LogP contribution is 2.24. The highest BCUT2D eigenvalue weighted by Gasteiger charge is 1.99. The molecule has 0 saturated carbocycles. The summed E-state index contributed by atoms with van der Waals surface area (Å²) in [5.74, 6) is 0. The Morgan fingerprint density at radius 1 is 1.06 bits per heavy atom. The van der Waals surface area contributed by atoms with Crippen molar-refractivity contribution in [1.82, 2.24) is 9.97 Å². The molecule has 5 nitrogen and oxygen atoms in total. The van der Waals surface area contributed by atoms with Gasteiger partial charge in [0.25, 0.3) is 0 Å². The van der Waals surface area contributed by atoms with Crippen LogP contribution in [0, 0.1) is 0 Å². The molecule has 0 unspecified atom stereocenters. The molecule has 17 heavy (non-hydrogen) atoms. The maximum absolute atomic E-state index is 5.57. The fraction of sp³-hybridized carbons (Fsp3) is 0. The van der Waals surface area contributed by atoms with Gasteiger partial charge in [-0.25, -0.2) is 9.97 Å². The van der Waals surface area contributed by atoms with E-state index in [4.69, 9.17) is 17.2 Å². The summed E-state index contributed by atoms with van der Waals surface area (Å²) >= 11 is 2.90. The van der Waals surface area contributed by atoms with Gasteiger partial charge in [0, 0.05) is 17.3 Å². The molecule has 0 fully saturated rings. The lowest BCUT2D eigenvalue weighted by molar-refractivity contribution is 1.43. The minimum Gasteiger partial charge on any atom is -0.399 e. The van der Waals surface area contributed by atoms with Crippen molar-refractivity contribution in [3.05, 3.63) is 29.8 Å². The minimum atomic E-state index is 0.589. The molecule has 1 aromatic carbocycles. The Hall–Kier alpha value is -1.86. The summed E-state index contributed by atoms with van der Waals surface area (Å²) in [4.78, 5) is 7.81. The normalized spacial score (nSPS) is 9.88. The Labute approximate surface area is 106 Å². The Bertz CT molecular complexity index is 602. The number of nitrogens with two attached hydrogens (primary N) is 3. The van der Waals surface area contributed by atoms with Gasteiger partial charge in [0.15, 0.2) is 10.3 Å². The van der Waals surface area contributed by atoms with E-state index < -0.39 is 0 Å². The number of nitrogen functional groups attached to an aromatic ring is 3. The van der Waals surface area contributed by atoms with Gasteiger partial charge in [0.05, 0.1) is 10.2 Å². The van der Waals surface area contributed by atoms with E-state index in [1.807, 2.05) is 23.6 Å². The first kappa shape index (κ1) is 11.6. The predicted molar refractivity (Wildman–Crippen MR) is 75.0 cm³/mol. The number of fused-ring (bicyclic) bond motifs is 1. The van der Waals surface area contributed by atoms with Gasteiger partial charge in [-0.05, 0) is 18.2 Å². The molecule has 0 bridgehead atoms. The molecule has 3 aromatic rings. The molecule has 0 amide bonds. The van der Waals surface area contributed by atoms with Crippen molar-refractivity contribution in [3.8, 4) is 0 Å². The predicted octanol–water partition coefficient (Wildman–Crippen LogP) is 2.19. The van der Waals surface area contributed by atoms with E-state index >= 15 is 0 Å². The highest BCUT2D eigenvalue weighted by molar-refractivity contribution is 7.22. The number of nitrogens with zero attached hydrogens (tertiary/aromatic N) is 2. The van der Waals surface area contributed by atoms with E-state index in [0.717, 1.165) is 15.9 Å². The van der Waals surface area contributed by atoms with Crippen LogP contribution in [0.5, 0.6) is 0 Å². The summed E-state index contributed by atoms with van der Waals surface area (Å²) in [6.07, 6.45) is 1.68. The number of rotatable bonds is 0. The quantitative estimate of drug-likeness (QED) is 0.540. The maximum Gasteiger partial charge on any atom is 0.181 e. The topological polar surface area (TPSA) is 104 Å². The first-order valence-corrected chi connectivity index (χ1v) is 6.41. The second-order valence-electron chi connectivity index (χ2n) is 3.15. The molecule has 7 heteroatoms. The Kier molecular flexibility index (Phi) is 3.40. The summed E-state index contributed by atoms with van der Waals surface area (Å²) < 4.78 is 1.04. The lowest BCUT2D eigenvalue weighted by atomic mass is 10.3. The van der Waals surface area contributed by atoms with Gasteiger partial charge in [0.1, 0.15) is 0 Å². The van der Waals surface area contributed by atoms with E-state index in [1.54, 1.807) is 6.20 Å². The summed E-state index contributed by atoms with van der Waals surface area (Å²) in [7, 11) is 0. The molecule has 0 spiro atoms.